The summed E-state index contributed by atoms with van der Waals surface area (Å²) in [6.07, 6.45) is 6.46. The van der Waals surface area contributed by atoms with Gasteiger partial charge in [0, 0.05) is 74.3 Å². The van der Waals surface area contributed by atoms with Crippen LogP contribution < -0.4 is 5.73 Å². The Morgan fingerprint density at radius 2 is 1.86 bits per heavy atom. The largest absolute Gasteiger partial charge is 0.398 e. The molecule has 6 heteroatoms. The monoisotopic (exact) mass is 563 g/mol. The zero-order chi connectivity index (χ0) is 24.8. The number of nitrogen functional groups attached to an aromatic ring is 1. The molecule has 3 heterocycles. The van der Waals surface area contributed by atoms with Crippen LogP contribution in [0.15, 0.2) is 67.0 Å². The van der Waals surface area contributed by atoms with Crippen molar-refractivity contribution in [3.63, 3.8) is 0 Å². The molecule has 2 aromatic carbocycles. The van der Waals surface area contributed by atoms with Gasteiger partial charge in [-0.15, -0.1) is 23.6 Å². The maximum absolute atomic E-state index is 6.56. The van der Waals surface area contributed by atoms with Crippen LogP contribution in [0.5, 0.6) is 0 Å². The number of pyridine rings is 2. The van der Waals surface area contributed by atoms with Crippen molar-refractivity contribution in [1.82, 2.24) is 19.4 Å². The van der Waals surface area contributed by atoms with Crippen LogP contribution in [0.25, 0.3) is 44.3 Å². The first kappa shape index (κ1) is 26.0. The van der Waals surface area contributed by atoms with Gasteiger partial charge in [-0.1, -0.05) is 48.9 Å². The van der Waals surface area contributed by atoms with Gasteiger partial charge in [-0.3, -0.25) is 0 Å². The average Bonchev–Trinajstić information content (AvgIpc) is 3.26. The number of rotatable bonds is 6. The number of hydrogen-bond donors (Lipinski definition) is 1. The molecule has 0 atom stereocenters. The zero-order valence-electron chi connectivity index (χ0n) is 21.8. The van der Waals surface area contributed by atoms with E-state index < -0.39 is 0 Å². The first-order valence-corrected chi connectivity index (χ1v) is 12.8. The number of anilines is 1. The van der Waals surface area contributed by atoms with Crippen LogP contribution >= 0.6 is 0 Å². The normalized spacial score (nSPS) is 17.2. The Bertz CT molecular complexity index is 1550. The van der Waals surface area contributed by atoms with E-state index in [1.165, 1.54) is 12.8 Å². The molecule has 3 aromatic heterocycles. The fraction of sp³-hybridized carbons (Fsp3) is 0.290. The molecule has 2 N–H and O–H groups in total. The fourth-order valence-corrected chi connectivity index (χ4v) is 5.64. The molecule has 0 spiro atoms. The molecule has 0 aliphatic heterocycles. The second-order valence-electron chi connectivity index (χ2n) is 10.2. The molecule has 0 bridgehead atoms. The minimum absolute atomic E-state index is 0. The van der Waals surface area contributed by atoms with Gasteiger partial charge in [-0.05, 0) is 67.7 Å². The summed E-state index contributed by atoms with van der Waals surface area (Å²) in [7, 11) is 2.20. The van der Waals surface area contributed by atoms with E-state index in [2.05, 4.69) is 66.9 Å². The summed E-state index contributed by atoms with van der Waals surface area (Å²) in [4.78, 5) is 12.3. The number of benzene rings is 2. The Hall–Kier alpha value is -2.60. The quantitative estimate of drug-likeness (QED) is 0.240. The van der Waals surface area contributed by atoms with Gasteiger partial charge in [0.1, 0.15) is 5.65 Å². The average molecular weight is 564 g/mol. The second kappa shape index (κ2) is 10.6. The molecule has 0 amide bonds. The van der Waals surface area contributed by atoms with E-state index in [4.69, 9.17) is 15.7 Å². The third-order valence-corrected chi connectivity index (χ3v) is 7.85. The maximum Gasteiger partial charge on any atom is 0.142 e. The summed E-state index contributed by atoms with van der Waals surface area (Å²) >= 11 is 0. The van der Waals surface area contributed by atoms with Crippen molar-refractivity contribution in [3.05, 3.63) is 78.6 Å². The molecule has 1 radical (unpaired) electrons. The van der Waals surface area contributed by atoms with E-state index in [0.717, 1.165) is 74.6 Å². The molecule has 1 saturated carbocycles. The van der Waals surface area contributed by atoms with E-state index in [1.54, 1.807) is 0 Å². The molecular weight excluding hydrogens is 531 g/mol. The third-order valence-electron chi connectivity index (χ3n) is 7.85. The molecule has 185 valence electrons. The van der Waals surface area contributed by atoms with Crippen LogP contribution in [-0.2, 0) is 32.7 Å². The van der Waals surface area contributed by atoms with Crippen LogP contribution in [-0.4, -0.2) is 39.6 Å². The Morgan fingerprint density at radius 3 is 2.62 bits per heavy atom. The van der Waals surface area contributed by atoms with Crippen molar-refractivity contribution >= 4 is 27.6 Å². The predicted molar refractivity (Wildman–Crippen MR) is 149 cm³/mol. The Labute approximate surface area is 244 Å². The molecule has 5 aromatic rings. The van der Waals surface area contributed by atoms with Crippen LogP contribution in [0, 0.1) is 18.9 Å². The Balaban J connectivity index is 0.00000280. The summed E-state index contributed by atoms with van der Waals surface area (Å²) in [6.45, 7) is 6.62. The van der Waals surface area contributed by atoms with Gasteiger partial charge in [0.25, 0.3) is 0 Å². The van der Waals surface area contributed by atoms with Gasteiger partial charge >= 0.3 is 0 Å². The summed E-state index contributed by atoms with van der Waals surface area (Å²) in [5.41, 5.74) is 14.7. The van der Waals surface area contributed by atoms with Crippen LogP contribution in [0.4, 0.5) is 5.69 Å². The van der Waals surface area contributed by atoms with Gasteiger partial charge in [0.2, 0.25) is 0 Å². The van der Waals surface area contributed by atoms with Crippen molar-refractivity contribution in [3.8, 4) is 22.4 Å². The minimum Gasteiger partial charge on any atom is -0.398 e. The van der Waals surface area contributed by atoms with E-state index in [-0.39, 0.29) is 32.7 Å². The standard InChI is InChI=1S/C31H32N5.Y/c1-4-35(3)18-21-16-24(17-21)36-19-26(29-27(32)14-15-33-31(29)36)25-12-10-23-11-13-28(34-30(23)20(25)2)22-8-6-5-7-9-22;/h5-10,12-15,19,21,24H,4,16-18H2,1-3H3,(H2,32,33);/q-1;. The number of nitrogens with two attached hydrogens (primary N) is 1. The first-order chi connectivity index (χ1) is 17.5. The number of aryl methyl sites for hydroxylation is 1. The number of nitrogens with zero attached hydrogens (tertiary/aromatic N) is 4. The van der Waals surface area contributed by atoms with Crippen molar-refractivity contribution < 1.29 is 32.7 Å². The van der Waals surface area contributed by atoms with Gasteiger partial charge < -0.3 is 20.2 Å². The summed E-state index contributed by atoms with van der Waals surface area (Å²) in [5.74, 6) is 0.737. The van der Waals surface area contributed by atoms with Gasteiger partial charge in [-0.2, -0.15) is 0 Å². The molecule has 5 nitrogen and oxygen atoms in total. The molecule has 6 rings (SSSR count). The summed E-state index contributed by atoms with van der Waals surface area (Å²) in [5, 5.41) is 2.06. The van der Waals surface area contributed by atoms with Crippen LogP contribution in [0.3, 0.4) is 0 Å². The SMILES string of the molecule is CCN(C)CC1CC(n2cc(-c3ccc4[c-]cc(-c5ccccc5)nc4c3C)c3c(N)ccnc32)C1.[Y]. The van der Waals surface area contributed by atoms with E-state index in [0.29, 0.717) is 6.04 Å². The van der Waals surface area contributed by atoms with Gasteiger partial charge in [0.05, 0.1) is 0 Å². The zero-order valence-corrected chi connectivity index (χ0v) is 24.6. The topological polar surface area (TPSA) is 60.0 Å². The van der Waals surface area contributed by atoms with E-state index in [1.807, 2.05) is 36.5 Å². The minimum atomic E-state index is 0. The number of hydrogen-bond acceptors (Lipinski definition) is 4. The maximum atomic E-state index is 6.56. The van der Waals surface area contributed by atoms with Crippen LogP contribution in [0.2, 0.25) is 0 Å². The van der Waals surface area contributed by atoms with E-state index >= 15 is 0 Å². The van der Waals surface area contributed by atoms with Crippen molar-refractivity contribution in [1.29, 1.82) is 0 Å². The van der Waals surface area contributed by atoms with Gasteiger partial charge in [-0.25, -0.2) is 4.98 Å². The smallest absolute Gasteiger partial charge is 0.142 e. The molecule has 1 fully saturated rings. The van der Waals surface area contributed by atoms with Crippen molar-refractivity contribution in [2.24, 2.45) is 5.92 Å². The van der Waals surface area contributed by atoms with Crippen molar-refractivity contribution in [2.75, 3.05) is 25.9 Å². The Kier molecular flexibility index (Phi) is 7.49. The summed E-state index contributed by atoms with van der Waals surface area (Å²) in [6, 6.07) is 22.4. The molecule has 1 aliphatic rings. The summed E-state index contributed by atoms with van der Waals surface area (Å²) < 4.78 is 2.37. The van der Waals surface area contributed by atoms with E-state index in [9.17, 15) is 0 Å². The number of aromatic nitrogens is 3. The van der Waals surface area contributed by atoms with Crippen LogP contribution in [0.1, 0.15) is 31.4 Å². The molecule has 37 heavy (non-hydrogen) atoms. The molecule has 1 aliphatic carbocycles. The molecular formula is C31H32N5Y-. The third kappa shape index (κ3) is 4.74. The Morgan fingerprint density at radius 1 is 1.08 bits per heavy atom. The fourth-order valence-electron chi connectivity index (χ4n) is 5.64. The molecule has 0 saturated heterocycles. The predicted octanol–water partition coefficient (Wildman–Crippen LogP) is 6.51. The molecule has 0 unspecified atom stereocenters. The second-order valence-corrected chi connectivity index (χ2v) is 10.2. The number of fused-ring (bicyclic) bond motifs is 2. The first-order valence-electron chi connectivity index (χ1n) is 12.8. The van der Waals surface area contributed by atoms with Gasteiger partial charge in [0.15, 0.2) is 0 Å². The van der Waals surface area contributed by atoms with Crippen molar-refractivity contribution in [2.45, 2.75) is 32.7 Å².